The van der Waals surface area contributed by atoms with Crippen LogP contribution < -0.4 is 0 Å². The second-order valence-electron chi connectivity index (χ2n) is 11.5. The smallest absolute Gasteiger partial charge is 0.0811 e. The standard InChI is InChI=1S/C28H46O2/c1-18(2)19(3)7-8-20(4)26-12-11-24-15-22(13-14-28(24,26)6)9-10-23-16-25(29)17-27(30)21(23)5/h9-10,18-20,24-27,29-30H,5,7-8,11-17H2,1-4,6H3/b22-9+,23-10-/t19-,20+,24?,25+,26?,27?,28?/m0/s1. The molecule has 3 aliphatic carbocycles. The van der Waals surface area contributed by atoms with Gasteiger partial charge in [-0.2, -0.15) is 0 Å². The number of aliphatic hydroxyl groups is 2. The molecule has 2 N–H and O–H groups in total. The van der Waals surface area contributed by atoms with Crippen molar-refractivity contribution in [2.24, 2.45) is 35.0 Å². The largest absolute Gasteiger partial charge is 0.393 e. The number of rotatable bonds is 6. The van der Waals surface area contributed by atoms with E-state index in [1.165, 1.54) is 44.9 Å². The van der Waals surface area contributed by atoms with Crippen molar-refractivity contribution in [3.63, 3.8) is 0 Å². The van der Waals surface area contributed by atoms with E-state index >= 15 is 0 Å². The Bertz CT molecular complexity index is 672. The van der Waals surface area contributed by atoms with Crippen molar-refractivity contribution < 1.29 is 10.2 Å². The van der Waals surface area contributed by atoms with Crippen molar-refractivity contribution in [2.75, 3.05) is 0 Å². The fraction of sp³-hybridized carbons (Fsp3) is 0.786. The van der Waals surface area contributed by atoms with Crippen LogP contribution in [0.2, 0.25) is 0 Å². The average molecular weight is 415 g/mol. The van der Waals surface area contributed by atoms with Gasteiger partial charge in [0.05, 0.1) is 12.2 Å². The lowest BCUT2D eigenvalue weighted by atomic mass is 9.61. The molecule has 0 amide bonds. The van der Waals surface area contributed by atoms with E-state index < -0.39 is 12.2 Å². The number of fused-ring (bicyclic) bond motifs is 1. The maximum absolute atomic E-state index is 10.1. The first kappa shape index (κ1) is 23.8. The van der Waals surface area contributed by atoms with Gasteiger partial charge in [-0.1, -0.05) is 71.8 Å². The number of allylic oxidation sites excluding steroid dienone is 3. The highest BCUT2D eigenvalue weighted by atomic mass is 16.3. The second kappa shape index (κ2) is 9.74. The molecule has 3 aliphatic rings. The van der Waals surface area contributed by atoms with Gasteiger partial charge in [-0.15, -0.1) is 0 Å². The van der Waals surface area contributed by atoms with Crippen LogP contribution in [0.25, 0.3) is 0 Å². The van der Waals surface area contributed by atoms with Crippen molar-refractivity contribution in [2.45, 2.75) is 105 Å². The zero-order chi connectivity index (χ0) is 22.1. The van der Waals surface area contributed by atoms with E-state index in [4.69, 9.17) is 0 Å². The van der Waals surface area contributed by atoms with Crippen LogP contribution >= 0.6 is 0 Å². The lowest BCUT2D eigenvalue weighted by molar-refractivity contribution is 0.0803. The Morgan fingerprint density at radius 2 is 1.80 bits per heavy atom. The normalized spacial score (nSPS) is 39.5. The Morgan fingerprint density at radius 1 is 1.07 bits per heavy atom. The van der Waals surface area contributed by atoms with E-state index in [1.54, 1.807) is 5.57 Å². The molecular formula is C28H46O2. The Balaban J connectivity index is 1.61. The molecule has 3 fully saturated rings. The first-order valence-electron chi connectivity index (χ1n) is 12.6. The van der Waals surface area contributed by atoms with Gasteiger partial charge in [0.2, 0.25) is 0 Å². The van der Waals surface area contributed by atoms with Crippen LogP contribution in [0, 0.1) is 35.0 Å². The molecule has 0 aromatic rings. The van der Waals surface area contributed by atoms with Gasteiger partial charge in [-0.25, -0.2) is 0 Å². The number of aliphatic hydroxyl groups excluding tert-OH is 2. The molecule has 0 radical (unpaired) electrons. The van der Waals surface area contributed by atoms with Crippen LogP contribution in [0.3, 0.4) is 0 Å². The first-order chi connectivity index (χ1) is 14.1. The minimum absolute atomic E-state index is 0.419. The number of hydrogen-bond acceptors (Lipinski definition) is 2. The predicted molar refractivity (Wildman–Crippen MR) is 127 cm³/mol. The average Bonchev–Trinajstić information content (AvgIpc) is 3.03. The van der Waals surface area contributed by atoms with E-state index in [2.05, 4.69) is 53.3 Å². The van der Waals surface area contributed by atoms with Gasteiger partial charge < -0.3 is 10.2 Å². The van der Waals surface area contributed by atoms with Gasteiger partial charge in [0.1, 0.15) is 0 Å². The fourth-order valence-corrected chi connectivity index (χ4v) is 6.54. The summed E-state index contributed by atoms with van der Waals surface area (Å²) < 4.78 is 0. The van der Waals surface area contributed by atoms with Crippen molar-refractivity contribution in [1.82, 2.24) is 0 Å². The van der Waals surface area contributed by atoms with Gasteiger partial charge in [-0.3, -0.25) is 0 Å². The van der Waals surface area contributed by atoms with Crippen LogP contribution in [0.5, 0.6) is 0 Å². The third kappa shape index (κ3) is 5.13. The lowest BCUT2D eigenvalue weighted by Gasteiger charge is -2.44. The molecule has 3 rings (SSSR count). The molecule has 0 spiro atoms. The molecule has 30 heavy (non-hydrogen) atoms. The van der Waals surface area contributed by atoms with Crippen LogP contribution in [0.4, 0.5) is 0 Å². The Kier molecular flexibility index (Phi) is 7.72. The molecule has 0 aromatic heterocycles. The molecule has 7 atom stereocenters. The monoisotopic (exact) mass is 414 g/mol. The SMILES string of the molecule is C=C1/C(=C\C=C2/CCC3(C)C(CCC3[C@H](C)CC[C@H](C)C(C)C)C2)C[C@@H](O)CC1O. The highest BCUT2D eigenvalue weighted by molar-refractivity contribution is 5.38. The summed E-state index contributed by atoms with van der Waals surface area (Å²) in [5.74, 6) is 4.16. The van der Waals surface area contributed by atoms with E-state index in [-0.39, 0.29) is 0 Å². The maximum atomic E-state index is 10.1. The van der Waals surface area contributed by atoms with Crippen LogP contribution in [0.15, 0.2) is 35.5 Å². The minimum Gasteiger partial charge on any atom is -0.393 e. The van der Waals surface area contributed by atoms with Gasteiger partial charge in [-0.05, 0) is 84.7 Å². The Hall–Kier alpha value is -0.860. The maximum Gasteiger partial charge on any atom is 0.0811 e. The molecule has 2 nitrogen and oxygen atoms in total. The summed E-state index contributed by atoms with van der Waals surface area (Å²) >= 11 is 0. The topological polar surface area (TPSA) is 40.5 Å². The van der Waals surface area contributed by atoms with Gasteiger partial charge >= 0.3 is 0 Å². The van der Waals surface area contributed by atoms with E-state index in [0.717, 1.165) is 40.7 Å². The highest BCUT2D eigenvalue weighted by Crippen LogP contribution is 2.59. The highest BCUT2D eigenvalue weighted by Gasteiger charge is 2.49. The van der Waals surface area contributed by atoms with Crippen LogP contribution in [-0.4, -0.2) is 22.4 Å². The van der Waals surface area contributed by atoms with Gasteiger partial charge in [0.25, 0.3) is 0 Å². The van der Waals surface area contributed by atoms with E-state index in [9.17, 15) is 10.2 Å². The molecule has 3 saturated carbocycles. The van der Waals surface area contributed by atoms with Crippen molar-refractivity contribution in [3.8, 4) is 0 Å². The first-order valence-corrected chi connectivity index (χ1v) is 12.6. The molecule has 2 heteroatoms. The summed E-state index contributed by atoms with van der Waals surface area (Å²) in [4.78, 5) is 0. The summed E-state index contributed by atoms with van der Waals surface area (Å²) in [6.07, 6.45) is 13.7. The third-order valence-corrected chi connectivity index (χ3v) is 9.29. The molecule has 0 aromatic carbocycles. The van der Waals surface area contributed by atoms with Crippen LogP contribution in [-0.2, 0) is 0 Å². The molecule has 0 bridgehead atoms. The summed E-state index contributed by atoms with van der Waals surface area (Å²) in [7, 11) is 0. The van der Waals surface area contributed by atoms with E-state index in [0.29, 0.717) is 18.3 Å². The summed E-state index contributed by atoms with van der Waals surface area (Å²) in [5.41, 5.74) is 3.88. The molecule has 0 saturated heterocycles. The summed E-state index contributed by atoms with van der Waals surface area (Å²) in [6.45, 7) is 16.3. The molecule has 0 aliphatic heterocycles. The second-order valence-corrected chi connectivity index (χ2v) is 11.5. The lowest BCUT2D eigenvalue weighted by Crippen LogP contribution is -2.35. The third-order valence-electron chi connectivity index (χ3n) is 9.29. The van der Waals surface area contributed by atoms with Crippen molar-refractivity contribution in [3.05, 3.63) is 35.5 Å². The Morgan fingerprint density at radius 3 is 2.50 bits per heavy atom. The summed E-state index contributed by atoms with van der Waals surface area (Å²) in [5, 5.41) is 20.1. The van der Waals surface area contributed by atoms with Gasteiger partial charge in [0.15, 0.2) is 0 Å². The fourth-order valence-electron chi connectivity index (χ4n) is 6.54. The van der Waals surface area contributed by atoms with Crippen LogP contribution in [0.1, 0.15) is 92.4 Å². The molecule has 0 heterocycles. The summed E-state index contributed by atoms with van der Waals surface area (Å²) in [6, 6.07) is 0. The molecule has 4 unspecified atom stereocenters. The molecule has 170 valence electrons. The number of hydrogen-bond donors (Lipinski definition) is 2. The minimum atomic E-state index is -0.594. The molecular weight excluding hydrogens is 368 g/mol. The van der Waals surface area contributed by atoms with Crippen molar-refractivity contribution in [1.29, 1.82) is 0 Å². The quantitative estimate of drug-likeness (QED) is 0.500. The van der Waals surface area contributed by atoms with Crippen molar-refractivity contribution >= 4 is 0 Å². The zero-order valence-electron chi connectivity index (χ0n) is 20.2. The van der Waals surface area contributed by atoms with E-state index in [1.807, 2.05) is 0 Å². The Labute approximate surface area is 185 Å². The zero-order valence-corrected chi connectivity index (χ0v) is 20.2. The van der Waals surface area contributed by atoms with Gasteiger partial charge in [0, 0.05) is 6.42 Å². The predicted octanol–water partition coefficient (Wildman–Crippen LogP) is 6.84.